The van der Waals surface area contributed by atoms with Gasteiger partial charge in [-0.05, 0) is 27.2 Å². The second-order valence-electron chi connectivity index (χ2n) is 5.39. The largest absolute Gasteiger partial charge is 0.444 e. The van der Waals surface area contributed by atoms with Crippen LogP contribution in [0.4, 0.5) is 4.79 Å². The Morgan fingerprint density at radius 2 is 2.19 bits per heavy atom. The van der Waals surface area contributed by atoms with Crippen molar-refractivity contribution in [1.29, 1.82) is 0 Å². The van der Waals surface area contributed by atoms with Crippen LogP contribution in [0.1, 0.15) is 27.2 Å². The summed E-state index contributed by atoms with van der Waals surface area (Å²) in [7, 11) is 0. The van der Waals surface area contributed by atoms with Gasteiger partial charge in [0.05, 0.1) is 18.7 Å². The number of nitrogens with zero attached hydrogens (tertiary/aromatic N) is 1. The summed E-state index contributed by atoms with van der Waals surface area (Å²) in [6, 6.07) is -0.0233. The van der Waals surface area contributed by atoms with E-state index in [9.17, 15) is 9.90 Å². The van der Waals surface area contributed by atoms with Gasteiger partial charge >= 0.3 is 6.09 Å². The third-order valence-corrected chi connectivity index (χ3v) is 2.89. The van der Waals surface area contributed by atoms with Gasteiger partial charge in [0.2, 0.25) is 0 Å². The number of carbonyl (C=O) groups excluding carboxylic acids is 1. The Balaban J connectivity index is 2.02. The number of likely N-dealkylation sites (tertiary alicyclic amines) is 1. The maximum Gasteiger partial charge on any atom is 0.410 e. The number of aliphatic hydroxyl groups is 1. The Kier molecular flexibility index (Phi) is 2.84. The number of aliphatic hydroxyl groups excluding tert-OH is 1. The number of rotatable bonds is 0. The molecule has 0 aromatic heterocycles. The van der Waals surface area contributed by atoms with Gasteiger partial charge in [-0.1, -0.05) is 0 Å². The standard InChI is InChI=1S/C11H19NO4/c1-11(2,3)16-10(14)12-6-8(13)9-7(12)4-5-15-9/h7-9,13H,4-6H2,1-3H3/t7-,8-,9?/m1/s1. The van der Waals surface area contributed by atoms with E-state index in [1.165, 1.54) is 0 Å². The minimum Gasteiger partial charge on any atom is -0.444 e. The van der Waals surface area contributed by atoms with E-state index in [0.717, 1.165) is 6.42 Å². The van der Waals surface area contributed by atoms with Crippen LogP contribution in [0.3, 0.4) is 0 Å². The molecule has 0 spiro atoms. The molecule has 2 saturated heterocycles. The van der Waals surface area contributed by atoms with Crippen LogP contribution < -0.4 is 0 Å². The van der Waals surface area contributed by atoms with Crippen molar-refractivity contribution in [1.82, 2.24) is 4.90 Å². The average Bonchev–Trinajstić information content (AvgIpc) is 2.66. The molecule has 1 unspecified atom stereocenters. The van der Waals surface area contributed by atoms with Crippen LogP contribution in [0.5, 0.6) is 0 Å². The third-order valence-electron chi connectivity index (χ3n) is 2.89. The first-order valence-corrected chi connectivity index (χ1v) is 5.68. The van der Waals surface area contributed by atoms with Crippen molar-refractivity contribution in [3.63, 3.8) is 0 Å². The van der Waals surface area contributed by atoms with Gasteiger partial charge in [0.15, 0.2) is 0 Å². The van der Waals surface area contributed by atoms with Crippen LogP contribution in [-0.4, -0.2) is 53.1 Å². The Labute approximate surface area is 95.3 Å². The van der Waals surface area contributed by atoms with E-state index in [-0.39, 0.29) is 18.2 Å². The lowest BCUT2D eigenvalue weighted by Gasteiger charge is -2.27. The lowest BCUT2D eigenvalue weighted by atomic mass is 10.1. The molecule has 5 nitrogen and oxygen atoms in total. The fourth-order valence-electron chi connectivity index (χ4n) is 2.27. The zero-order chi connectivity index (χ0) is 11.9. The number of hydrogen-bond acceptors (Lipinski definition) is 4. The van der Waals surface area contributed by atoms with Crippen molar-refractivity contribution in [2.24, 2.45) is 0 Å². The molecule has 2 rings (SSSR count). The minimum atomic E-state index is -0.583. The van der Waals surface area contributed by atoms with E-state index in [1.807, 2.05) is 20.8 Å². The highest BCUT2D eigenvalue weighted by molar-refractivity contribution is 5.69. The fraction of sp³-hybridized carbons (Fsp3) is 0.909. The SMILES string of the molecule is CC(C)(C)OC(=O)N1C[C@@H](O)C2OCC[C@H]21. The summed E-state index contributed by atoms with van der Waals surface area (Å²) in [6.07, 6.45) is -0.391. The zero-order valence-electron chi connectivity index (χ0n) is 9.97. The summed E-state index contributed by atoms with van der Waals surface area (Å²) in [5, 5.41) is 9.74. The van der Waals surface area contributed by atoms with Gasteiger partial charge < -0.3 is 14.6 Å². The number of ether oxygens (including phenoxy) is 2. The topological polar surface area (TPSA) is 59.0 Å². The van der Waals surface area contributed by atoms with Crippen molar-refractivity contribution in [2.45, 2.75) is 51.0 Å². The lowest BCUT2D eigenvalue weighted by molar-refractivity contribution is 0.0187. The first-order valence-electron chi connectivity index (χ1n) is 5.68. The molecule has 92 valence electrons. The van der Waals surface area contributed by atoms with E-state index in [4.69, 9.17) is 9.47 Å². The Bertz CT molecular complexity index is 286. The van der Waals surface area contributed by atoms with Gasteiger partial charge in [-0.3, -0.25) is 4.90 Å². The van der Waals surface area contributed by atoms with Crippen molar-refractivity contribution >= 4 is 6.09 Å². The van der Waals surface area contributed by atoms with Crippen molar-refractivity contribution in [3.05, 3.63) is 0 Å². The molecule has 1 N–H and O–H groups in total. The molecule has 0 aromatic rings. The van der Waals surface area contributed by atoms with Gasteiger partial charge in [-0.15, -0.1) is 0 Å². The van der Waals surface area contributed by atoms with Gasteiger partial charge in [0.25, 0.3) is 0 Å². The molecule has 2 aliphatic rings. The van der Waals surface area contributed by atoms with E-state index in [2.05, 4.69) is 0 Å². The summed E-state index contributed by atoms with van der Waals surface area (Å²) >= 11 is 0. The summed E-state index contributed by atoms with van der Waals surface area (Å²) in [4.78, 5) is 13.5. The average molecular weight is 229 g/mol. The minimum absolute atomic E-state index is 0.0233. The first-order chi connectivity index (χ1) is 7.38. The van der Waals surface area contributed by atoms with Crippen LogP contribution >= 0.6 is 0 Å². The number of carbonyl (C=O) groups is 1. The normalized spacial score (nSPS) is 34.0. The molecular formula is C11H19NO4. The molecule has 16 heavy (non-hydrogen) atoms. The molecule has 0 saturated carbocycles. The predicted molar refractivity (Wildman–Crippen MR) is 57.1 cm³/mol. The summed E-state index contributed by atoms with van der Waals surface area (Å²) < 4.78 is 10.7. The fourth-order valence-corrected chi connectivity index (χ4v) is 2.27. The maximum atomic E-state index is 11.9. The molecule has 2 aliphatic heterocycles. The Morgan fingerprint density at radius 1 is 1.50 bits per heavy atom. The molecule has 2 heterocycles. The highest BCUT2D eigenvalue weighted by atomic mass is 16.6. The second-order valence-corrected chi connectivity index (χ2v) is 5.39. The van der Waals surface area contributed by atoms with E-state index >= 15 is 0 Å². The molecule has 0 aromatic carbocycles. The highest BCUT2D eigenvalue weighted by Crippen LogP contribution is 2.30. The van der Waals surface area contributed by atoms with Gasteiger partial charge in [-0.25, -0.2) is 4.79 Å². The second kappa shape index (κ2) is 3.89. The lowest BCUT2D eigenvalue weighted by Crippen LogP contribution is -2.41. The summed E-state index contributed by atoms with van der Waals surface area (Å²) in [5.74, 6) is 0. The molecule has 2 fully saturated rings. The smallest absolute Gasteiger partial charge is 0.410 e. The first kappa shape index (κ1) is 11.7. The summed E-state index contributed by atoms with van der Waals surface area (Å²) in [6.45, 7) is 6.41. The number of amides is 1. The Hall–Kier alpha value is -0.810. The maximum absolute atomic E-state index is 11.9. The monoisotopic (exact) mass is 229 g/mol. The van der Waals surface area contributed by atoms with Crippen molar-refractivity contribution < 1.29 is 19.4 Å². The highest BCUT2D eigenvalue weighted by Gasteiger charge is 2.48. The molecule has 1 amide bonds. The molecule has 0 radical (unpaired) electrons. The van der Waals surface area contributed by atoms with Gasteiger partial charge in [0, 0.05) is 6.61 Å². The van der Waals surface area contributed by atoms with Crippen molar-refractivity contribution in [3.8, 4) is 0 Å². The summed E-state index contributed by atoms with van der Waals surface area (Å²) in [5.41, 5.74) is -0.500. The third kappa shape index (κ3) is 2.15. The Morgan fingerprint density at radius 3 is 2.81 bits per heavy atom. The van der Waals surface area contributed by atoms with Crippen LogP contribution in [-0.2, 0) is 9.47 Å². The quantitative estimate of drug-likeness (QED) is 0.666. The van der Waals surface area contributed by atoms with Crippen LogP contribution in [0.2, 0.25) is 0 Å². The van der Waals surface area contributed by atoms with Gasteiger partial charge in [0.1, 0.15) is 11.7 Å². The zero-order valence-corrected chi connectivity index (χ0v) is 9.97. The molecule has 3 atom stereocenters. The number of hydrogen-bond donors (Lipinski definition) is 1. The van der Waals surface area contributed by atoms with Gasteiger partial charge in [-0.2, -0.15) is 0 Å². The van der Waals surface area contributed by atoms with Crippen LogP contribution in [0.15, 0.2) is 0 Å². The van der Waals surface area contributed by atoms with Crippen molar-refractivity contribution in [2.75, 3.05) is 13.2 Å². The van der Waals surface area contributed by atoms with E-state index < -0.39 is 11.7 Å². The predicted octanol–water partition coefficient (Wildman–Crippen LogP) is 0.756. The van der Waals surface area contributed by atoms with Crippen LogP contribution in [0, 0.1) is 0 Å². The molecular weight excluding hydrogens is 210 g/mol. The molecule has 0 aliphatic carbocycles. The number of fused-ring (bicyclic) bond motifs is 1. The van der Waals surface area contributed by atoms with E-state index in [1.54, 1.807) is 4.90 Å². The van der Waals surface area contributed by atoms with Crippen LogP contribution in [0.25, 0.3) is 0 Å². The molecule has 5 heteroatoms. The van der Waals surface area contributed by atoms with E-state index in [0.29, 0.717) is 13.2 Å². The number of β-amino-alcohol motifs (C(OH)–C–C–N with tert-alkyl or cyclic N) is 1. The molecule has 0 bridgehead atoms.